The Morgan fingerprint density at radius 2 is 1.12 bits per heavy atom. The lowest BCUT2D eigenvalue weighted by atomic mass is 9.80. The van der Waals surface area contributed by atoms with Gasteiger partial charge < -0.3 is 40.0 Å². The molecule has 6 rings (SSSR count). The Kier molecular flexibility index (Phi) is 13.2. The second-order valence-corrected chi connectivity index (χ2v) is 15.8. The van der Waals surface area contributed by atoms with Gasteiger partial charge in [0.2, 0.25) is 0 Å². The fourth-order valence-corrected chi connectivity index (χ4v) is 6.28. The molecule has 19 heteroatoms. The molecule has 5 N–H and O–H groups in total. The third kappa shape index (κ3) is 11.0. The number of nitrogens with zero attached hydrogens (tertiary/aromatic N) is 5. The van der Waals surface area contributed by atoms with Crippen LogP contribution in [-0.2, 0) is 19.1 Å². The number of piperidine rings is 2. The van der Waals surface area contributed by atoms with E-state index in [4.69, 9.17) is 30.0 Å². The first-order chi connectivity index (χ1) is 26.6. The van der Waals surface area contributed by atoms with E-state index in [0.29, 0.717) is 74.1 Å². The molecule has 4 heterocycles. The van der Waals surface area contributed by atoms with Gasteiger partial charge >= 0.3 is 31.4 Å². The van der Waals surface area contributed by atoms with Crippen LogP contribution in [0, 0.1) is 22.7 Å². The number of anilines is 1. The van der Waals surface area contributed by atoms with E-state index < -0.39 is 47.6 Å². The zero-order chi connectivity index (χ0) is 42.3. The number of carbonyl (C=O) groups excluding carboxylic acids is 6. The first kappa shape index (κ1) is 43.6. The van der Waals surface area contributed by atoms with Gasteiger partial charge in [0, 0.05) is 26.2 Å². The lowest BCUT2D eigenvalue weighted by molar-refractivity contribution is -0.125. The van der Waals surface area contributed by atoms with Gasteiger partial charge in [-0.2, -0.15) is 10.5 Å². The SMILES string of the molecule is CC(C)(C)OC(=O)N1CCC2(CC1)NC(=O)N(c1ccc(C#N)cc1)C2=O.CC(C)(C)OC(=O)N1CCC2(CC1)NC(=O)NC2=O.N#Cc1ccc(B(O)O)cc1. The number of likely N-dealkylation sites (tertiary alicyclic amines) is 2. The summed E-state index contributed by atoms with van der Waals surface area (Å²) in [6.45, 7) is 12.2. The summed E-state index contributed by atoms with van der Waals surface area (Å²) in [4.78, 5) is 76.7. The molecule has 0 aromatic heterocycles. The molecule has 0 radical (unpaired) electrons. The fraction of sp³-hybridized carbons (Fsp3) is 0.474. The highest BCUT2D eigenvalue weighted by molar-refractivity contribution is 6.58. The van der Waals surface area contributed by atoms with E-state index in [-0.39, 0.29) is 17.9 Å². The Hall–Kier alpha value is -6.18. The Labute approximate surface area is 330 Å². The van der Waals surface area contributed by atoms with Gasteiger partial charge in [0.05, 0.1) is 29.0 Å². The number of hydrogen-bond acceptors (Lipinski definition) is 12. The summed E-state index contributed by atoms with van der Waals surface area (Å²) in [5.41, 5.74) is -1.21. The highest BCUT2D eigenvalue weighted by atomic mass is 16.6. The van der Waals surface area contributed by atoms with Crippen LogP contribution in [0.2, 0.25) is 0 Å². The lowest BCUT2D eigenvalue weighted by Crippen LogP contribution is -2.56. The topological polar surface area (TPSA) is 255 Å². The molecule has 302 valence electrons. The van der Waals surface area contributed by atoms with Gasteiger partial charge in [0.1, 0.15) is 22.3 Å². The number of nitrogens with one attached hydrogen (secondary N) is 3. The normalized spacial score (nSPS) is 18.1. The quantitative estimate of drug-likeness (QED) is 0.217. The van der Waals surface area contributed by atoms with Crippen LogP contribution in [0.15, 0.2) is 48.5 Å². The summed E-state index contributed by atoms with van der Waals surface area (Å²) in [6.07, 6.45) is 0.658. The fourth-order valence-electron chi connectivity index (χ4n) is 6.28. The van der Waals surface area contributed by atoms with Gasteiger partial charge in [-0.25, -0.2) is 24.1 Å². The van der Waals surface area contributed by atoms with Crippen molar-refractivity contribution in [2.24, 2.45) is 0 Å². The van der Waals surface area contributed by atoms with Gasteiger partial charge in [0.15, 0.2) is 0 Å². The molecule has 0 aliphatic carbocycles. The zero-order valence-electron chi connectivity index (χ0n) is 32.7. The van der Waals surface area contributed by atoms with Crippen LogP contribution in [0.1, 0.15) is 78.4 Å². The molecule has 2 aromatic rings. The second-order valence-electron chi connectivity index (χ2n) is 15.8. The number of benzene rings is 2. The predicted octanol–water partition coefficient (Wildman–Crippen LogP) is 2.22. The van der Waals surface area contributed by atoms with Crippen molar-refractivity contribution in [3.05, 3.63) is 59.7 Å². The smallest absolute Gasteiger partial charge is 0.444 e. The number of amides is 8. The van der Waals surface area contributed by atoms with Crippen molar-refractivity contribution in [2.45, 2.75) is 89.5 Å². The molecule has 57 heavy (non-hydrogen) atoms. The number of urea groups is 2. The first-order valence-electron chi connectivity index (χ1n) is 18.2. The van der Waals surface area contributed by atoms with E-state index >= 15 is 0 Å². The maximum absolute atomic E-state index is 13.0. The van der Waals surface area contributed by atoms with Gasteiger partial charge in [-0.05, 0) is 109 Å². The molecule has 4 aliphatic heterocycles. The highest BCUT2D eigenvalue weighted by Gasteiger charge is 2.53. The minimum absolute atomic E-state index is 0.304. The molecule has 4 saturated heterocycles. The van der Waals surface area contributed by atoms with Gasteiger partial charge in [-0.1, -0.05) is 12.1 Å². The lowest BCUT2D eigenvalue weighted by Gasteiger charge is -2.37. The summed E-state index contributed by atoms with van der Waals surface area (Å²) < 4.78 is 10.6. The molecule has 4 fully saturated rings. The van der Waals surface area contributed by atoms with Crippen molar-refractivity contribution in [1.29, 1.82) is 10.5 Å². The van der Waals surface area contributed by atoms with Crippen molar-refractivity contribution in [2.75, 3.05) is 31.1 Å². The number of rotatable bonds is 2. The molecule has 0 atom stereocenters. The summed E-state index contributed by atoms with van der Waals surface area (Å²) in [5.74, 6) is -0.637. The molecular weight excluding hydrogens is 739 g/mol. The van der Waals surface area contributed by atoms with Crippen molar-refractivity contribution >= 4 is 54.3 Å². The Morgan fingerprint density at radius 3 is 1.49 bits per heavy atom. The third-order valence-electron chi connectivity index (χ3n) is 9.31. The number of imide groups is 2. The number of nitriles is 2. The molecule has 0 bridgehead atoms. The molecule has 4 aliphatic rings. The number of ether oxygens (including phenoxy) is 2. The van der Waals surface area contributed by atoms with Crippen molar-refractivity contribution in [3.63, 3.8) is 0 Å². The molecular formula is C38H47BN8O10. The minimum Gasteiger partial charge on any atom is -0.444 e. The summed E-state index contributed by atoms with van der Waals surface area (Å²) in [5, 5.41) is 42.3. The van der Waals surface area contributed by atoms with E-state index in [9.17, 15) is 28.8 Å². The van der Waals surface area contributed by atoms with E-state index in [1.807, 2.05) is 12.1 Å². The van der Waals surface area contributed by atoms with Gasteiger partial charge in [0.25, 0.3) is 11.8 Å². The zero-order valence-corrected chi connectivity index (χ0v) is 32.7. The summed E-state index contributed by atoms with van der Waals surface area (Å²) >= 11 is 0. The van der Waals surface area contributed by atoms with Gasteiger partial charge in [-0.15, -0.1) is 0 Å². The van der Waals surface area contributed by atoms with Crippen LogP contribution < -0.4 is 26.3 Å². The number of hydrogen-bond donors (Lipinski definition) is 5. The molecule has 0 unspecified atom stereocenters. The van der Waals surface area contributed by atoms with Crippen molar-refractivity contribution in [3.8, 4) is 12.1 Å². The van der Waals surface area contributed by atoms with Crippen LogP contribution in [0.4, 0.5) is 24.9 Å². The van der Waals surface area contributed by atoms with Crippen LogP contribution in [0.5, 0.6) is 0 Å². The van der Waals surface area contributed by atoms with E-state index in [1.165, 1.54) is 24.3 Å². The molecule has 18 nitrogen and oxygen atoms in total. The van der Waals surface area contributed by atoms with Gasteiger partial charge in [-0.3, -0.25) is 14.9 Å². The Bertz CT molecular complexity index is 1930. The van der Waals surface area contributed by atoms with Crippen LogP contribution >= 0.6 is 0 Å². The monoisotopic (exact) mass is 786 g/mol. The summed E-state index contributed by atoms with van der Waals surface area (Å²) in [7, 11) is -1.46. The summed E-state index contributed by atoms with van der Waals surface area (Å²) in [6, 6.07) is 15.3. The minimum atomic E-state index is -1.46. The first-order valence-corrected chi connectivity index (χ1v) is 18.2. The molecule has 2 aromatic carbocycles. The van der Waals surface area contributed by atoms with Crippen LogP contribution in [0.25, 0.3) is 0 Å². The van der Waals surface area contributed by atoms with E-state index in [2.05, 4.69) is 16.0 Å². The standard InChI is InChI=1S/C19H22N4O4.C12H19N3O4.C7H6BNO2/c1-18(2,3)27-17(26)22-10-8-19(9-11-22)15(24)23(16(25)21-19)14-6-4-13(12-20)5-7-14;1-11(2,3)19-10(18)15-6-4-12(5-7-15)8(16)13-9(17)14-12;9-5-6-1-3-7(4-2-6)8(10)11/h4-7H,8-11H2,1-3H3,(H,21,25);4-7H2,1-3H3,(H2,13,14,16,17);1-4,10-11H. The molecule has 8 amide bonds. The van der Waals surface area contributed by atoms with Crippen LogP contribution in [-0.4, -0.2) is 111 Å². The van der Waals surface area contributed by atoms with E-state index in [0.717, 1.165) is 4.90 Å². The van der Waals surface area contributed by atoms with Crippen molar-refractivity contribution in [1.82, 2.24) is 25.8 Å². The molecule has 0 saturated carbocycles. The van der Waals surface area contributed by atoms with Crippen LogP contribution in [0.3, 0.4) is 0 Å². The second kappa shape index (κ2) is 17.3. The average molecular weight is 787 g/mol. The maximum Gasteiger partial charge on any atom is 0.488 e. The average Bonchev–Trinajstić information content (AvgIpc) is 3.55. The Morgan fingerprint density at radius 1 is 0.702 bits per heavy atom. The van der Waals surface area contributed by atoms with Crippen molar-refractivity contribution < 1.29 is 48.3 Å². The third-order valence-corrected chi connectivity index (χ3v) is 9.31. The van der Waals surface area contributed by atoms with E-state index in [1.54, 1.807) is 75.6 Å². The maximum atomic E-state index is 13.0. The predicted molar refractivity (Wildman–Crippen MR) is 204 cm³/mol. The molecule has 2 spiro atoms. The number of carbonyl (C=O) groups is 6. The largest absolute Gasteiger partial charge is 0.488 e. The highest BCUT2D eigenvalue weighted by Crippen LogP contribution is 2.33. The Balaban J connectivity index is 0.000000208.